The van der Waals surface area contributed by atoms with Gasteiger partial charge in [0.25, 0.3) is 11.5 Å². The highest BCUT2D eigenvalue weighted by molar-refractivity contribution is 5.93. The van der Waals surface area contributed by atoms with Crippen LogP contribution in [-0.4, -0.2) is 33.4 Å². The number of hydrogen-bond donors (Lipinski definition) is 2. The average molecular weight is 370 g/mol. The Morgan fingerprint density at radius 1 is 1.22 bits per heavy atom. The SMILES string of the molecule is CC1CCCN(Cc2ccc(CNC(=O)c3cn(C)c(=O)[nH]c3=O)cc2)C1. The Morgan fingerprint density at radius 3 is 2.63 bits per heavy atom. The Labute approximate surface area is 158 Å². The molecule has 3 rings (SSSR count). The highest BCUT2D eigenvalue weighted by Gasteiger charge is 2.16. The van der Waals surface area contributed by atoms with Crippen LogP contribution in [0.15, 0.2) is 40.1 Å². The minimum Gasteiger partial charge on any atom is -0.348 e. The van der Waals surface area contributed by atoms with Gasteiger partial charge in [0.05, 0.1) is 0 Å². The molecule has 2 heterocycles. The number of carbonyl (C=O) groups excluding carboxylic acids is 1. The van der Waals surface area contributed by atoms with Crippen LogP contribution < -0.4 is 16.6 Å². The standard InChI is InChI=1S/C20H26N4O3/c1-14-4-3-9-24(11-14)12-16-7-5-15(6-8-16)10-21-18(25)17-13-23(2)20(27)22-19(17)26/h5-8,13-14H,3-4,9-12H2,1-2H3,(H,21,25)(H,22,26,27). The molecule has 7 heteroatoms. The van der Waals surface area contributed by atoms with Crippen molar-refractivity contribution in [2.75, 3.05) is 13.1 Å². The van der Waals surface area contributed by atoms with Gasteiger partial charge in [-0.3, -0.25) is 19.5 Å². The summed E-state index contributed by atoms with van der Waals surface area (Å²) < 4.78 is 1.17. The van der Waals surface area contributed by atoms with E-state index in [2.05, 4.69) is 34.3 Å². The summed E-state index contributed by atoms with van der Waals surface area (Å²) in [7, 11) is 1.48. The Bertz CT molecular complexity index is 914. The van der Waals surface area contributed by atoms with E-state index in [0.29, 0.717) is 6.54 Å². The van der Waals surface area contributed by atoms with Gasteiger partial charge in [-0.2, -0.15) is 0 Å². The fourth-order valence-corrected chi connectivity index (χ4v) is 3.45. The lowest BCUT2D eigenvalue weighted by molar-refractivity contribution is 0.0948. The summed E-state index contributed by atoms with van der Waals surface area (Å²) in [6, 6.07) is 8.15. The molecule has 1 atom stereocenters. The molecule has 0 saturated carbocycles. The van der Waals surface area contributed by atoms with Gasteiger partial charge in [0, 0.05) is 32.9 Å². The molecule has 2 aromatic rings. The van der Waals surface area contributed by atoms with Crippen molar-refractivity contribution < 1.29 is 4.79 Å². The first-order valence-corrected chi connectivity index (χ1v) is 9.30. The summed E-state index contributed by atoms with van der Waals surface area (Å²) in [5, 5.41) is 2.72. The summed E-state index contributed by atoms with van der Waals surface area (Å²) >= 11 is 0. The molecule has 1 aromatic heterocycles. The minimum absolute atomic E-state index is 0.0760. The van der Waals surface area contributed by atoms with Gasteiger partial charge in [-0.15, -0.1) is 0 Å². The van der Waals surface area contributed by atoms with Crippen molar-refractivity contribution in [3.8, 4) is 0 Å². The number of likely N-dealkylation sites (tertiary alicyclic amines) is 1. The number of hydrogen-bond acceptors (Lipinski definition) is 4. The number of H-pyrrole nitrogens is 1. The van der Waals surface area contributed by atoms with Gasteiger partial charge in [-0.1, -0.05) is 31.2 Å². The molecule has 1 aromatic carbocycles. The third-order valence-electron chi connectivity index (χ3n) is 4.98. The fourth-order valence-electron chi connectivity index (χ4n) is 3.45. The number of piperidine rings is 1. The molecule has 1 fully saturated rings. The third kappa shape index (κ3) is 4.95. The number of carbonyl (C=O) groups is 1. The van der Waals surface area contributed by atoms with Crippen molar-refractivity contribution >= 4 is 5.91 Å². The highest BCUT2D eigenvalue weighted by Crippen LogP contribution is 2.18. The quantitative estimate of drug-likeness (QED) is 0.829. The molecule has 27 heavy (non-hydrogen) atoms. The number of benzene rings is 1. The second-order valence-corrected chi connectivity index (χ2v) is 7.39. The van der Waals surface area contributed by atoms with Crippen LogP contribution in [0.4, 0.5) is 0 Å². The molecule has 1 aliphatic heterocycles. The number of aromatic nitrogens is 2. The summed E-state index contributed by atoms with van der Waals surface area (Å²) in [6.45, 7) is 5.86. The van der Waals surface area contributed by atoms with Crippen molar-refractivity contribution in [2.24, 2.45) is 13.0 Å². The van der Waals surface area contributed by atoms with Crippen molar-refractivity contribution in [1.82, 2.24) is 19.8 Å². The van der Waals surface area contributed by atoms with Crippen LogP contribution in [0.25, 0.3) is 0 Å². The van der Waals surface area contributed by atoms with Crippen LogP contribution in [0.3, 0.4) is 0 Å². The maximum absolute atomic E-state index is 12.2. The first-order chi connectivity index (χ1) is 12.9. The van der Waals surface area contributed by atoms with Crippen molar-refractivity contribution in [3.63, 3.8) is 0 Å². The Balaban J connectivity index is 1.57. The second kappa shape index (κ2) is 8.35. The predicted molar refractivity (Wildman–Crippen MR) is 104 cm³/mol. The number of rotatable bonds is 5. The smallest absolute Gasteiger partial charge is 0.328 e. The maximum Gasteiger partial charge on any atom is 0.328 e. The molecule has 0 aliphatic carbocycles. The fraction of sp³-hybridized carbons (Fsp3) is 0.450. The van der Waals surface area contributed by atoms with E-state index in [1.54, 1.807) is 0 Å². The first kappa shape index (κ1) is 19.1. The Kier molecular flexibility index (Phi) is 5.91. The molecule has 1 unspecified atom stereocenters. The molecule has 0 spiro atoms. The number of amides is 1. The lowest BCUT2D eigenvalue weighted by Crippen LogP contribution is -2.36. The highest BCUT2D eigenvalue weighted by atomic mass is 16.2. The van der Waals surface area contributed by atoms with E-state index in [4.69, 9.17) is 0 Å². The molecule has 1 amide bonds. The zero-order valence-corrected chi connectivity index (χ0v) is 15.8. The maximum atomic E-state index is 12.2. The molecule has 0 radical (unpaired) electrons. The van der Waals surface area contributed by atoms with Crippen LogP contribution in [0.2, 0.25) is 0 Å². The zero-order chi connectivity index (χ0) is 19.4. The summed E-state index contributed by atoms with van der Waals surface area (Å²) in [5.41, 5.74) is 0.916. The molecular formula is C20H26N4O3. The van der Waals surface area contributed by atoms with Crippen molar-refractivity contribution in [2.45, 2.75) is 32.9 Å². The van der Waals surface area contributed by atoms with Crippen LogP contribution in [-0.2, 0) is 20.1 Å². The van der Waals surface area contributed by atoms with Gasteiger partial charge < -0.3 is 9.88 Å². The Morgan fingerprint density at radius 2 is 1.93 bits per heavy atom. The minimum atomic E-state index is -0.679. The van der Waals surface area contributed by atoms with Gasteiger partial charge >= 0.3 is 5.69 Å². The number of aryl methyl sites for hydroxylation is 1. The van der Waals surface area contributed by atoms with Crippen LogP contribution in [0.1, 0.15) is 41.3 Å². The van der Waals surface area contributed by atoms with E-state index in [1.807, 2.05) is 12.1 Å². The van der Waals surface area contributed by atoms with Crippen LogP contribution in [0.5, 0.6) is 0 Å². The van der Waals surface area contributed by atoms with Gasteiger partial charge in [0.1, 0.15) is 5.56 Å². The zero-order valence-electron chi connectivity index (χ0n) is 15.8. The van der Waals surface area contributed by atoms with Gasteiger partial charge in [-0.05, 0) is 36.4 Å². The average Bonchev–Trinajstić information content (AvgIpc) is 2.64. The summed E-state index contributed by atoms with van der Waals surface area (Å²) in [4.78, 5) is 39.9. The van der Waals surface area contributed by atoms with E-state index in [1.165, 1.54) is 36.2 Å². The lowest BCUT2D eigenvalue weighted by Gasteiger charge is -2.30. The van der Waals surface area contributed by atoms with Gasteiger partial charge in [0.2, 0.25) is 0 Å². The van der Waals surface area contributed by atoms with E-state index >= 15 is 0 Å². The third-order valence-corrected chi connectivity index (χ3v) is 4.98. The molecule has 7 nitrogen and oxygen atoms in total. The molecule has 2 N–H and O–H groups in total. The van der Waals surface area contributed by atoms with Gasteiger partial charge in [0.15, 0.2) is 0 Å². The van der Waals surface area contributed by atoms with E-state index in [0.717, 1.165) is 31.1 Å². The molecule has 0 bridgehead atoms. The molecule has 1 aliphatic rings. The molecule has 1 saturated heterocycles. The normalized spacial score (nSPS) is 17.6. The van der Waals surface area contributed by atoms with Crippen LogP contribution >= 0.6 is 0 Å². The monoisotopic (exact) mass is 370 g/mol. The molecular weight excluding hydrogens is 344 g/mol. The molecule has 144 valence electrons. The number of aromatic amines is 1. The Hall–Kier alpha value is -2.67. The predicted octanol–water partition coefficient (Wildman–Crippen LogP) is 1.24. The first-order valence-electron chi connectivity index (χ1n) is 9.30. The van der Waals surface area contributed by atoms with Crippen molar-refractivity contribution in [1.29, 1.82) is 0 Å². The number of nitrogens with zero attached hydrogens (tertiary/aromatic N) is 2. The van der Waals surface area contributed by atoms with Crippen LogP contribution in [0, 0.1) is 5.92 Å². The van der Waals surface area contributed by atoms with E-state index in [9.17, 15) is 14.4 Å². The summed E-state index contributed by atoms with van der Waals surface area (Å²) in [5.74, 6) is 0.257. The van der Waals surface area contributed by atoms with Gasteiger partial charge in [-0.25, -0.2) is 4.79 Å². The number of nitrogens with one attached hydrogen (secondary N) is 2. The van der Waals surface area contributed by atoms with E-state index < -0.39 is 17.2 Å². The second-order valence-electron chi connectivity index (χ2n) is 7.39. The van der Waals surface area contributed by atoms with E-state index in [-0.39, 0.29) is 5.56 Å². The van der Waals surface area contributed by atoms with Crippen molar-refractivity contribution in [3.05, 3.63) is 68.0 Å². The lowest BCUT2D eigenvalue weighted by atomic mass is 9.99. The largest absolute Gasteiger partial charge is 0.348 e. The summed E-state index contributed by atoms with van der Waals surface area (Å²) in [6.07, 6.45) is 3.82. The topological polar surface area (TPSA) is 87.2 Å².